The summed E-state index contributed by atoms with van der Waals surface area (Å²) in [5.74, 6) is -0.766. The molecular formula is C16H20BrNO3. The SMILES string of the molecule is CC1(C(=O)O)CCCN(C(=O)CCc2ccc(Br)cc2)C1. The van der Waals surface area contributed by atoms with Crippen LogP contribution in [0.2, 0.25) is 0 Å². The van der Waals surface area contributed by atoms with E-state index in [9.17, 15) is 14.7 Å². The number of nitrogens with zero attached hydrogens (tertiary/aromatic N) is 1. The van der Waals surface area contributed by atoms with Crippen LogP contribution in [0.4, 0.5) is 0 Å². The van der Waals surface area contributed by atoms with Crippen molar-refractivity contribution in [2.45, 2.75) is 32.6 Å². The number of carbonyl (C=O) groups excluding carboxylic acids is 1. The third-order valence-corrected chi connectivity index (χ3v) is 4.63. The summed E-state index contributed by atoms with van der Waals surface area (Å²) in [6, 6.07) is 7.91. The molecule has 0 aromatic heterocycles. The highest BCUT2D eigenvalue weighted by molar-refractivity contribution is 9.10. The van der Waals surface area contributed by atoms with Crippen LogP contribution in [0.25, 0.3) is 0 Å². The van der Waals surface area contributed by atoms with Gasteiger partial charge in [-0.25, -0.2) is 0 Å². The number of hydrogen-bond donors (Lipinski definition) is 1. The standard InChI is InChI=1S/C16H20BrNO3/c1-16(15(20)21)9-2-10-18(11-16)14(19)8-5-12-3-6-13(17)7-4-12/h3-4,6-7H,2,5,8-11H2,1H3,(H,20,21). The van der Waals surface area contributed by atoms with Crippen molar-refractivity contribution >= 4 is 27.8 Å². The predicted octanol–water partition coefficient (Wildman–Crippen LogP) is 3.10. The normalized spacial score (nSPS) is 22.1. The van der Waals surface area contributed by atoms with Crippen molar-refractivity contribution in [3.63, 3.8) is 0 Å². The van der Waals surface area contributed by atoms with E-state index in [1.165, 1.54) is 0 Å². The van der Waals surface area contributed by atoms with Crippen LogP contribution in [0, 0.1) is 5.41 Å². The van der Waals surface area contributed by atoms with E-state index in [1.54, 1.807) is 11.8 Å². The summed E-state index contributed by atoms with van der Waals surface area (Å²) in [5, 5.41) is 9.29. The molecule has 1 heterocycles. The van der Waals surface area contributed by atoms with Crippen LogP contribution < -0.4 is 0 Å². The van der Waals surface area contributed by atoms with Crippen molar-refractivity contribution < 1.29 is 14.7 Å². The van der Waals surface area contributed by atoms with Gasteiger partial charge in [-0.1, -0.05) is 28.1 Å². The highest BCUT2D eigenvalue weighted by atomic mass is 79.9. The van der Waals surface area contributed by atoms with Crippen molar-refractivity contribution in [2.75, 3.05) is 13.1 Å². The molecule has 21 heavy (non-hydrogen) atoms. The second kappa shape index (κ2) is 6.60. The summed E-state index contributed by atoms with van der Waals surface area (Å²) in [6.45, 7) is 2.72. The second-order valence-corrected chi connectivity index (χ2v) is 6.83. The number of aliphatic carboxylic acids is 1. The Hall–Kier alpha value is -1.36. The van der Waals surface area contributed by atoms with Gasteiger partial charge in [0.05, 0.1) is 5.41 Å². The fourth-order valence-electron chi connectivity index (χ4n) is 2.69. The molecule has 1 aromatic rings. The molecule has 5 heteroatoms. The van der Waals surface area contributed by atoms with E-state index in [1.807, 2.05) is 24.3 Å². The molecule has 114 valence electrons. The quantitative estimate of drug-likeness (QED) is 0.904. The van der Waals surface area contributed by atoms with Gasteiger partial charge in [-0.05, 0) is 43.9 Å². The number of likely N-dealkylation sites (tertiary alicyclic amines) is 1. The molecule has 1 saturated heterocycles. The van der Waals surface area contributed by atoms with E-state index in [0.717, 1.165) is 16.5 Å². The van der Waals surface area contributed by atoms with E-state index in [-0.39, 0.29) is 5.91 Å². The number of halogens is 1. The maximum Gasteiger partial charge on any atom is 0.311 e. The highest BCUT2D eigenvalue weighted by Crippen LogP contribution is 2.30. The lowest BCUT2D eigenvalue weighted by Gasteiger charge is -2.37. The van der Waals surface area contributed by atoms with Crippen molar-refractivity contribution in [3.8, 4) is 0 Å². The Kier molecular flexibility index (Phi) is 5.04. The molecule has 0 saturated carbocycles. The first-order valence-corrected chi connectivity index (χ1v) is 7.96. The maximum atomic E-state index is 12.3. The Morgan fingerprint density at radius 2 is 2.00 bits per heavy atom. The molecule has 0 spiro atoms. The third kappa shape index (κ3) is 4.06. The van der Waals surface area contributed by atoms with Crippen LogP contribution in [0.15, 0.2) is 28.7 Å². The molecule has 2 rings (SSSR count). The van der Waals surface area contributed by atoms with Gasteiger partial charge in [-0.3, -0.25) is 9.59 Å². The monoisotopic (exact) mass is 353 g/mol. The van der Waals surface area contributed by atoms with Crippen LogP contribution in [-0.4, -0.2) is 35.0 Å². The van der Waals surface area contributed by atoms with Gasteiger partial charge in [0.25, 0.3) is 0 Å². The first kappa shape index (κ1) is 16.0. The van der Waals surface area contributed by atoms with Gasteiger partial charge in [0.2, 0.25) is 5.91 Å². The number of amides is 1. The Balaban J connectivity index is 1.91. The molecule has 1 aliphatic rings. The Morgan fingerprint density at radius 1 is 1.33 bits per heavy atom. The zero-order chi connectivity index (χ0) is 15.5. The molecule has 0 bridgehead atoms. The van der Waals surface area contributed by atoms with Crippen molar-refractivity contribution in [2.24, 2.45) is 5.41 Å². The topological polar surface area (TPSA) is 57.6 Å². The number of aryl methyl sites for hydroxylation is 1. The first-order valence-electron chi connectivity index (χ1n) is 7.16. The van der Waals surface area contributed by atoms with Gasteiger partial charge < -0.3 is 10.0 Å². The number of carboxylic acids is 1. The van der Waals surface area contributed by atoms with Gasteiger partial charge in [-0.15, -0.1) is 0 Å². The summed E-state index contributed by atoms with van der Waals surface area (Å²) < 4.78 is 1.02. The molecule has 0 radical (unpaired) electrons. The van der Waals surface area contributed by atoms with Crippen LogP contribution in [-0.2, 0) is 16.0 Å². The summed E-state index contributed by atoms with van der Waals surface area (Å²) in [6.07, 6.45) is 2.51. The summed E-state index contributed by atoms with van der Waals surface area (Å²) in [5.41, 5.74) is 0.315. The largest absolute Gasteiger partial charge is 0.481 e. The fraction of sp³-hybridized carbons (Fsp3) is 0.500. The average Bonchev–Trinajstić information content (AvgIpc) is 2.46. The molecule has 1 unspecified atom stereocenters. The van der Waals surface area contributed by atoms with Gasteiger partial charge in [0, 0.05) is 24.0 Å². The predicted molar refractivity (Wildman–Crippen MR) is 84.0 cm³/mol. The average molecular weight is 354 g/mol. The number of hydrogen-bond acceptors (Lipinski definition) is 2. The van der Waals surface area contributed by atoms with Gasteiger partial charge in [0.1, 0.15) is 0 Å². The van der Waals surface area contributed by atoms with Gasteiger partial charge in [-0.2, -0.15) is 0 Å². The Bertz CT molecular complexity index is 529. The van der Waals surface area contributed by atoms with Crippen LogP contribution in [0.1, 0.15) is 31.7 Å². The Labute approximate surface area is 133 Å². The van der Waals surface area contributed by atoms with E-state index in [0.29, 0.717) is 32.4 Å². The number of carbonyl (C=O) groups is 2. The lowest BCUT2D eigenvalue weighted by atomic mass is 9.82. The number of benzene rings is 1. The molecule has 1 atom stereocenters. The lowest BCUT2D eigenvalue weighted by molar-refractivity contribution is -0.153. The van der Waals surface area contributed by atoms with Crippen molar-refractivity contribution in [1.82, 2.24) is 4.90 Å². The minimum absolute atomic E-state index is 0.0464. The molecule has 1 aliphatic heterocycles. The van der Waals surface area contributed by atoms with Crippen molar-refractivity contribution in [1.29, 1.82) is 0 Å². The molecule has 1 amide bonds. The summed E-state index contributed by atoms with van der Waals surface area (Å²) in [7, 11) is 0. The fourth-order valence-corrected chi connectivity index (χ4v) is 2.95. The summed E-state index contributed by atoms with van der Waals surface area (Å²) >= 11 is 3.38. The number of rotatable bonds is 4. The molecule has 1 fully saturated rings. The molecule has 1 aromatic carbocycles. The molecule has 4 nitrogen and oxygen atoms in total. The van der Waals surface area contributed by atoms with Crippen LogP contribution in [0.3, 0.4) is 0 Å². The number of carboxylic acid groups (broad SMARTS) is 1. The first-order chi connectivity index (χ1) is 9.90. The smallest absolute Gasteiger partial charge is 0.311 e. The van der Waals surface area contributed by atoms with Gasteiger partial charge >= 0.3 is 5.97 Å². The molecular weight excluding hydrogens is 334 g/mol. The van der Waals surface area contributed by atoms with Gasteiger partial charge in [0.15, 0.2) is 0 Å². The summed E-state index contributed by atoms with van der Waals surface area (Å²) in [4.78, 5) is 25.3. The van der Waals surface area contributed by atoms with Crippen LogP contribution >= 0.6 is 15.9 Å². The highest BCUT2D eigenvalue weighted by Gasteiger charge is 2.39. The minimum atomic E-state index is -0.812. The number of piperidine rings is 1. The zero-order valence-corrected chi connectivity index (χ0v) is 13.7. The maximum absolute atomic E-state index is 12.3. The van der Waals surface area contributed by atoms with Crippen molar-refractivity contribution in [3.05, 3.63) is 34.3 Å². The molecule has 1 N–H and O–H groups in total. The zero-order valence-electron chi connectivity index (χ0n) is 12.1. The minimum Gasteiger partial charge on any atom is -0.481 e. The van der Waals surface area contributed by atoms with Crippen LogP contribution in [0.5, 0.6) is 0 Å². The lowest BCUT2D eigenvalue weighted by Crippen LogP contribution is -2.48. The second-order valence-electron chi connectivity index (χ2n) is 5.91. The van der Waals surface area contributed by atoms with E-state index in [2.05, 4.69) is 15.9 Å². The third-order valence-electron chi connectivity index (χ3n) is 4.11. The molecule has 0 aliphatic carbocycles. The van der Waals surface area contributed by atoms with E-state index < -0.39 is 11.4 Å². The van der Waals surface area contributed by atoms with E-state index >= 15 is 0 Å². The Morgan fingerprint density at radius 3 is 2.62 bits per heavy atom. The van der Waals surface area contributed by atoms with E-state index in [4.69, 9.17) is 0 Å².